The van der Waals surface area contributed by atoms with Gasteiger partial charge in [-0.15, -0.1) is 11.3 Å². The number of rotatable bonds is 3. The van der Waals surface area contributed by atoms with Gasteiger partial charge < -0.3 is 0 Å². The minimum atomic E-state index is -3.54. The standard InChI is InChI=1S/C11H15Cl2NO2S2/c1-7-2-4-8(5-3-7)14-18(15,16)9-6-10(12)17-11(9)13/h6-8,14H,2-5H2,1H3. The maximum absolute atomic E-state index is 12.2. The van der Waals surface area contributed by atoms with Crippen LogP contribution in [0, 0.1) is 5.92 Å². The summed E-state index contributed by atoms with van der Waals surface area (Å²) in [5.74, 6) is 0.685. The summed E-state index contributed by atoms with van der Waals surface area (Å²) in [5, 5.41) is 0. The molecule has 0 unspecified atom stereocenters. The normalized spacial score (nSPS) is 25.3. The minimum Gasteiger partial charge on any atom is -0.208 e. The van der Waals surface area contributed by atoms with E-state index < -0.39 is 10.0 Å². The third kappa shape index (κ3) is 3.39. The molecule has 0 bridgehead atoms. The van der Waals surface area contributed by atoms with Crippen molar-refractivity contribution in [1.82, 2.24) is 4.72 Å². The summed E-state index contributed by atoms with van der Waals surface area (Å²) >= 11 is 12.7. The number of thiophene rings is 1. The van der Waals surface area contributed by atoms with Crippen LogP contribution in [0.2, 0.25) is 8.67 Å². The van der Waals surface area contributed by atoms with Crippen molar-refractivity contribution in [1.29, 1.82) is 0 Å². The van der Waals surface area contributed by atoms with Crippen LogP contribution in [-0.4, -0.2) is 14.5 Å². The van der Waals surface area contributed by atoms with Gasteiger partial charge in [0, 0.05) is 6.04 Å². The van der Waals surface area contributed by atoms with Gasteiger partial charge in [0.05, 0.1) is 4.34 Å². The summed E-state index contributed by atoms with van der Waals surface area (Å²) in [6.07, 6.45) is 3.89. The summed E-state index contributed by atoms with van der Waals surface area (Å²) in [4.78, 5) is 0.0952. The Labute approximate surface area is 122 Å². The largest absolute Gasteiger partial charge is 0.243 e. The van der Waals surface area contributed by atoms with Gasteiger partial charge >= 0.3 is 0 Å². The second kappa shape index (κ2) is 5.67. The van der Waals surface area contributed by atoms with Gasteiger partial charge in [0.15, 0.2) is 0 Å². The highest BCUT2D eigenvalue weighted by Gasteiger charge is 2.26. The van der Waals surface area contributed by atoms with Crippen molar-refractivity contribution in [3.8, 4) is 0 Å². The molecule has 1 aromatic rings. The maximum atomic E-state index is 12.2. The molecule has 0 spiro atoms. The van der Waals surface area contributed by atoms with Crippen LogP contribution in [0.15, 0.2) is 11.0 Å². The molecular weight excluding hydrogens is 313 g/mol. The van der Waals surface area contributed by atoms with Crippen molar-refractivity contribution in [3.05, 3.63) is 14.7 Å². The average molecular weight is 328 g/mol. The Bertz CT molecular complexity index is 519. The zero-order chi connectivity index (χ0) is 13.3. The topological polar surface area (TPSA) is 46.2 Å². The number of hydrogen-bond acceptors (Lipinski definition) is 3. The molecule has 0 amide bonds. The van der Waals surface area contributed by atoms with Gasteiger partial charge in [-0.2, -0.15) is 0 Å². The fraction of sp³-hybridized carbons (Fsp3) is 0.636. The highest BCUT2D eigenvalue weighted by atomic mass is 35.5. The minimum absolute atomic E-state index is 0.0148. The first-order valence-electron chi connectivity index (χ1n) is 5.85. The van der Waals surface area contributed by atoms with E-state index in [-0.39, 0.29) is 15.3 Å². The van der Waals surface area contributed by atoms with E-state index in [0.29, 0.717) is 10.3 Å². The Hall–Kier alpha value is 0.190. The predicted octanol–water partition coefficient (Wildman–Crippen LogP) is 3.91. The lowest BCUT2D eigenvalue weighted by Crippen LogP contribution is -2.37. The molecule has 1 fully saturated rings. The van der Waals surface area contributed by atoms with Crippen LogP contribution in [0.4, 0.5) is 0 Å². The van der Waals surface area contributed by atoms with Crippen LogP contribution in [0.1, 0.15) is 32.6 Å². The Morgan fingerprint density at radius 3 is 2.39 bits per heavy atom. The SMILES string of the molecule is CC1CCC(NS(=O)(=O)c2cc(Cl)sc2Cl)CC1. The van der Waals surface area contributed by atoms with Gasteiger partial charge in [0.1, 0.15) is 9.23 Å². The number of sulfonamides is 1. The molecule has 102 valence electrons. The molecule has 18 heavy (non-hydrogen) atoms. The highest BCUT2D eigenvalue weighted by molar-refractivity contribution is 7.89. The molecule has 1 heterocycles. The van der Waals surface area contributed by atoms with Crippen molar-refractivity contribution in [3.63, 3.8) is 0 Å². The molecule has 0 aliphatic heterocycles. The summed E-state index contributed by atoms with van der Waals surface area (Å²) in [7, 11) is -3.54. The molecule has 1 aliphatic carbocycles. The number of hydrogen-bond donors (Lipinski definition) is 1. The van der Waals surface area contributed by atoms with E-state index in [1.807, 2.05) is 0 Å². The van der Waals surface area contributed by atoms with Crippen LogP contribution in [-0.2, 0) is 10.0 Å². The summed E-state index contributed by atoms with van der Waals surface area (Å²) in [6.45, 7) is 2.19. The van der Waals surface area contributed by atoms with E-state index in [0.717, 1.165) is 37.0 Å². The predicted molar refractivity (Wildman–Crippen MR) is 76.1 cm³/mol. The molecular formula is C11H15Cl2NO2S2. The van der Waals surface area contributed by atoms with Crippen LogP contribution >= 0.6 is 34.5 Å². The zero-order valence-corrected chi connectivity index (χ0v) is 13.1. The molecule has 7 heteroatoms. The molecule has 1 saturated carbocycles. The Kier molecular flexibility index (Phi) is 4.60. The van der Waals surface area contributed by atoms with E-state index in [2.05, 4.69) is 11.6 Å². The van der Waals surface area contributed by atoms with Gasteiger partial charge in [-0.25, -0.2) is 13.1 Å². The zero-order valence-electron chi connectivity index (χ0n) is 9.95. The maximum Gasteiger partial charge on any atom is 0.243 e. The van der Waals surface area contributed by atoms with Crippen LogP contribution in [0.25, 0.3) is 0 Å². The van der Waals surface area contributed by atoms with Crippen molar-refractivity contribution >= 4 is 44.6 Å². The molecule has 0 atom stereocenters. The van der Waals surface area contributed by atoms with Crippen LogP contribution < -0.4 is 4.72 Å². The van der Waals surface area contributed by atoms with Gasteiger partial charge in [0.25, 0.3) is 0 Å². The Morgan fingerprint density at radius 1 is 1.28 bits per heavy atom. The van der Waals surface area contributed by atoms with E-state index >= 15 is 0 Å². The lowest BCUT2D eigenvalue weighted by atomic mass is 9.88. The van der Waals surface area contributed by atoms with Crippen LogP contribution in [0.5, 0.6) is 0 Å². The number of nitrogens with one attached hydrogen (secondary N) is 1. The smallest absolute Gasteiger partial charge is 0.208 e. The van der Waals surface area contributed by atoms with E-state index in [4.69, 9.17) is 23.2 Å². The lowest BCUT2D eigenvalue weighted by Gasteiger charge is -2.26. The molecule has 0 saturated heterocycles. The highest BCUT2D eigenvalue weighted by Crippen LogP contribution is 2.34. The molecule has 1 aromatic heterocycles. The fourth-order valence-electron chi connectivity index (χ4n) is 2.17. The van der Waals surface area contributed by atoms with E-state index in [9.17, 15) is 8.42 Å². The molecule has 1 N–H and O–H groups in total. The lowest BCUT2D eigenvalue weighted by molar-refractivity contribution is 0.332. The second-order valence-electron chi connectivity index (χ2n) is 4.77. The summed E-state index contributed by atoms with van der Waals surface area (Å²) < 4.78 is 27.7. The number of halogens is 2. The summed E-state index contributed by atoms with van der Waals surface area (Å²) in [5.41, 5.74) is 0. The van der Waals surface area contributed by atoms with Gasteiger partial charge in [0.2, 0.25) is 10.0 Å². The van der Waals surface area contributed by atoms with Crippen molar-refractivity contribution < 1.29 is 8.42 Å². The van der Waals surface area contributed by atoms with Crippen LogP contribution in [0.3, 0.4) is 0 Å². The Balaban J connectivity index is 2.10. The Morgan fingerprint density at radius 2 is 1.89 bits per heavy atom. The third-order valence-corrected chi connectivity index (χ3v) is 6.53. The first-order chi connectivity index (χ1) is 8.38. The third-order valence-electron chi connectivity index (χ3n) is 3.25. The van der Waals surface area contributed by atoms with Gasteiger partial charge in [-0.1, -0.05) is 30.1 Å². The van der Waals surface area contributed by atoms with E-state index in [1.165, 1.54) is 6.07 Å². The molecule has 3 nitrogen and oxygen atoms in total. The summed E-state index contributed by atoms with van der Waals surface area (Å²) in [6, 6.07) is 1.42. The average Bonchev–Trinajstić information content (AvgIpc) is 2.62. The van der Waals surface area contributed by atoms with Gasteiger partial charge in [-0.05, 0) is 37.7 Å². The fourth-order valence-corrected chi connectivity index (χ4v) is 5.62. The first-order valence-corrected chi connectivity index (χ1v) is 8.91. The quantitative estimate of drug-likeness (QED) is 0.914. The monoisotopic (exact) mass is 327 g/mol. The molecule has 0 aromatic carbocycles. The van der Waals surface area contributed by atoms with E-state index in [1.54, 1.807) is 0 Å². The van der Waals surface area contributed by atoms with Crippen molar-refractivity contribution in [2.24, 2.45) is 5.92 Å². The van der Waals surface area contributed by atoms with Crippen molar-refractivity contribution in [2.75, 3.05) is 0 Å². The molecule has 1 aliphatic rings. The molecule has 0 radical (unpaired) electrons. The second-order valence-corrected chi connectivity index (χ2v) is 8.73. The first kappa shape index (κ1) is 14.6. The van der Waals surface area contributed by atoms with Gasteiger partial charge in [-0.3, -0.25) is 0 Å². The molecule has 2 rings (SSSR count). The van der Waals surface area contributed by atoms with Crippen molar-refractivity contribution in [2.45, 2.75) is 43.5 Å².